The van der Waals surface area contributed by atoms with Gasteiger partial charge in [0.15, 0.2) is 0 Å². The van der Waals surface area contributed by atoms with Crippen molar-refractivity contribution in [3.05, 3.63) is 54.1 Å². The molecule has 0 bridgehead atoms. The van der Waals surface area contributed by atoms with Gasteiger partial charge < -0.3 is 4.74 Å². The van der Waals surface area contributed by atoms with Gasteiger partial charge in [0.25, 0.3) is 6.43 Å². The highest BCUT2D eigenvalue weighted by Crippen LogP contribution is 2.38. The molecule has 3 rings (SSSR count). The predicted molar refractivity (Wildman–Crippen MR) is 103 cm³/mol. The van der Waals surface area contributed by atoms with Crippen molar-refractivity contribution < 1.29 is 13.5 Å². The van der Waals surface area contributed by atoms with Gasteiger partial charge in [-0.15, -0.1) is 0 Å². The van der Waals surface area contributed by atoms with E-state index in [-0.39, 0.29) is 0 Å². The molecule has 1 saturated carbocycles. The monoisotopic (exact) mass is 358 g/mol. The lowest BCUT2D eigenvalue weighted by molar-refractivity contribution is 0.0819. The first-order chi connectivity index (χ1) is 12.7. The van der Waals surface area contributed by atoms with Crippen molar-refractivity contribution in [2.45, 2.75) is 57.8 Å². The maximum Gasteiger partial charge on any atom is 0.272 e. The molecule has 0 heterocycles. The van der Waals surface area contributed by atoms with Gasteiger partial charge in [-0.05, 0) is 66.3 Å². The highest BCUT2D eigenvalue weighted by Gasteiger charge is 2.21. The molecule has 0 N–H and O–H groups in total. The molecule has 0 atom stereocenters. The van der Waals surface area contributed by atoms with Crippen molar-refractivity contribution in [2.24, 2.45) is 5.92 Å². The van der Waals surface area contributed by atoms with E-state index in [2.05, 4.69) is 31.2 Å². The Labute approximate surface area is 155 Å². The van der Waals surface area contributed by atoms with Gasteiger partial charge >= 0.3 is 0 Å². The molecule has 1 aliphatic rings. The second-order valence-corrected chi connectivity index (χ2v) is 7.35. The Balaban J connectivity index is 1.59. The van der Waals surface area contributed by atoms with Crippen LogP contribution in [0.2, 0.25) is 0 Å². The summed E-state index contributed by atoms with van der Waals surface area (Å²) in [5.74, 6) is 2.11. The van der Waals surface area contributed by atoms with E-state index >= 15 is 0 Å². The van der Waals surface area contributed by atoms with Crippen LogP contribution in [0.15, 0.2) is 48.5 Å². The van der Waals surface area contributed by atoms with E-state index in [4.69, 9.17) is 4.74 Å². The van der Waals surface area contributed by atoms with Gasteiger partial charge in [-0.2, -0.15) is 0 Å². The molecule has 2 aromatic rings. The molecule has 140 valence electrons. The second kappa shape index (κ2) is 9.16. The fourth-order valence-electron chi connectivity index (χ4n) is 4.04. The number of rotatable bonds is 7. The second-order valence-electron chi connectivity index (χ2n) is 7.35. The minimum Gasteiger partial charge on any atom is -0.488 e. The van der Waals surface area contributed by atoms with Gasteiger partial charge in [-0.1, -0.05) is 56.2 Å². The summed E-state index contributed by atoms with van der Waals surface area (Å²) in [6.07, 6.45) is 5.57. The van der Waals surface area contributed by atoms with E-state index < -0.39 is 13.0 Å². The molecular formula is C23H28F2O. The number of alkyl halides is 2. The normalized spacial score (nSPS) is 20.3. The molecule has 1 fully saturated rings. The van der Waals surface area contributed by atoms with E-state index in [9.17, 15) is 8.78 Å². The zero-order chi connectivity index (χ0) is 18.4. The first-order valence-corrected chi connectivity index (χ1v) is 9.77. The van der Waals surface area contributed by atoms with Crippen molar-refractivity contribution in [1.29, 1.82) is 0 Å². The maximum atomic E-state index is 12.2. The highest BCUT2D eigenvalue weighted by molar-refractivity contribution is 5.64. The van der Waals surface area contributed by atoms with Crippen LogP contribution in [0.25, 0.3) is 11.1 Å². The Kier molecular flexibility index (Phi) is 6.65. The molecule has 0 unspecified atom stereocenters. The minimum absolute atomic E-state index is 0.481. The fraction of sp³-hybridized carbons (Fsp3) is 0.478. The summed E-state index contributed by atoms with van der Waals surface area (Å²) in [7, 11) is 0. The molecule has 0 saturated heterocycles. The van der Waals surface area contributed by atoms with Gasteiger partial charge in [0.05, 0.1) is 0 Å². The summed E-state index contributed by atoms with van der Waals surface area (Å²) in [5, 5.41) is 0. The third-order valence-corrected chi connectivity index (χ3v) is 5.49. The summed E-state index contributed by atoms with van der Waals surface area (Å²) in [6, 6.07) is 16.2. The van der Waals surface area contributed by atoms with Crippen molar-refractivity contribution >= 4 is 0 Å². The van der Waals surface area contributed by atoms with Crippen LogP contribution in [0.4, 0.5) is 8.78 Å². The lowest BCUT2D eigenvalue weighted by Gasteiger charge is -2.28. The fourth-order valence-corrected chi connectivity index (χ4v) is 4.04. The van der Waals surface area contributed by atoms with Gasteiger partial charge in [-0.3, -0.25) is 0 Å². The maximum absolute atomic E-state index is 12.2. The molecule has 0 radical (unpaired) electrons. The van der Waals surface area contributed by atoms with Crippen LogP contribution in [0.3, 0.4) is 0 Å². The zero-order valence-electron chi connectivity index (χ0n) is 15.5. The average molecular weight is 358 g/mol. The molecule has 26 heavy (non-hydrogen) atoms. The Hall–Kier alpha value is -1.90. The molecule has 3 heteroatoms. The molecule has 0 spiro atoms. The number of halogens is 2. The summed E-state index contributed by atoms with van der Waals surface area (Å²) in [6.45, 7) is 1.72. The van der Waals surface area contributed by atoms with Crippen LogP contribution in [0, 0.1) is 5.92 Å². The van der Waals surface area contributed by atoms with Crippen LogP contribution in [-0.2, 0) is 0 Å². The van der Waals surface area contributed by atoms with E-state index in [1.54, 1.807) is 12.1 Å². The number of benzene rings is 2. The average Bonchev–Trinajstić information content (AvgIpc) is 2.68. The van der Waals surface area contributed by atoms with Crippen molar-refractivity contribution in [1.82, 2.24) is 0 Å². The molecule has 0 aromatic heterocycles. The van der Waals surface area contributed by atoms with Crippen LogP contribution in [0.5, 0.6) is 5.75 Å². The van der Waals surface area contributed by atoms with Crippen molar-refractivity contribution in [2.75, 3.05) is 6.61 Å². The number of hydrogen-bond donors (Lipinski definition) is 0. The number of hydrogen-bond acceptors (Lipinski definition) is 1. The molecule has 0 amide bonds. The summed E-state index contributed by atoms with van der Waals surface area (Å²) in [5.41, 5.74) is 3.67. The van der Waals surface area contributed by atoms with Gasteiger partial charge in [0.1, 0.15) is 12.4 Å². The summed E-state index contributed by atoms with van der Waals surface area (Å²) < 4.78 is 29.4. The summed E-state index contributed by atoms with van der Waals surface area (Å²) in [4.78, 5) is 0. The summed E-state index contributed by atoms with van der Waals surface area (Å²) >= 11 is 0. The van der Waals surface area contributed by atoms with Crippen LogP contribution < -0.4 is 4.74 Å². The van der Waals surface area contributed by atoms with E-state index in [1.165, 1.54) is 44.1 Å². The highest BCUT2D eigenvalue weighted by atomic mass is 19.3. The Bertz CT molecular complexity index is 656. The molecule has 1 aliphatic carbocycles. The standard InChI is InChI=1S/C23H28F2O/c1-2-3-17-4-6-18(7-5-17)19-8-10-20(11-9-19)21-12-14-22(15-13-21)26-16-23(24)25/h8-15,17-18,23H,2-7,16H2,1H3. The Morgan fingerprint density at radius 2 is 1.46 bits per heavy atom. The van der Waals surface area contributed by atoms with Crippen molar-refractivity contribution in [3.63, 3.8) is 0 Å². The molecular weight excluding hydrogens is 330 g/mol. The third-order valence-electron chi connectivity index (χ3n) is 5.49. The first kappa shape index (κ1) is 18.9. The Morgan fingerprint density at radius 3 is 2.00 bits per heavy atom. The van der Waals surface area contributed by atoms with E-state index in [0.717, 1.165) is 17.0 Å². The SMILES string of the molecule is CCCC1CCC(c2ccc(-c3ccc(OCC(F)F)cc3)cc2)CC1. The quantitative estimate of drug-likeness (QED) is 0.514. The van der Waals surface area contributed by atoms with Crippen LogP contribution in [0.1, 0.15) is 56.9 Å². The minimum atomic E-state index is -2.45. The lowest BCUT2D eigenvalue weighted by atomic mass is 9.77. The largest absolute Gasteiger partial charge is 0.488 e. The number of ether oxygens (including phenoxy) is 1. The smallest absolute Gasteiger partial charge is 0.272 e. The van der Waals surface area contributed by atoms with E-state index in [0.29, 0.717) is 11.7 Å². The van der Waals surface area contributed by atoms with Crippen LogP contribution >= 0.6 is 0 Å². The third kappa shape index (κ3) is 5.06. The van der Waals surface area contributed by atoms with Gasteiger partial charge in [0.2, 0.25) is 0 Å². The molecule has 1 nitrogen and oxygen atoms in total. The lowest BCUT2D eigenvalue weighted by Crippen LogP contribution is -2.13. The topological polar surface area (TPSA) is 9.23 Å². The van der Waals surface area contributed by atoms with Gasteiger partial charge in [0, 0.05) is 0 Å². The zero-order valence-corrected chi connectivity index (χ0v) is 15.5. The van der Waals surface area contributed by atoms with Gasteiger partial charge in [-0.25, -0.2) is 8.78 Å². The molecule has 2 aromatic carbocycles. The first-order valence-electron chi connectivity index (χ1n) is 9.77. The molecule has 0 aliphatic heterocycles. The van der Waals surface area contributed by atoms with Crippen LogP contribution in [-0.4, -0.2) is 13.0 Å². The Morgan fingerprint density at radius 1 is 0.885 bits per heavy atom. The van der Waals surface area contributed by atoms with Crippen molar-refractivity contribution in [3.8, 4) is 16.9 Å². The van der Waals surface area contributed by atoms with E-state index in [1.807, 2.05) is 12.1 Å². The predicted octanol–water partition coefficient (Wildman–Crippen LogP) is 7.07.